The van der Waals surface area contributed by atoms with Crippen molar-refractivity contribution in [3.8, 4) is 5.75 Å². The van der Waals surface area contributed by atoms with Gasteiger partial charge in [0, 0.05) is 50.5 Å². The van der Waals surface area contributed by atoms with Crippen LogP contribution in [0.1, 0.15) is 28.5 Å². The summed E-state index contributed by atoms with van der Waals surface area (Å²) in [4.78, 5) is 31.9. The van der Waals surface area contributed by atoms with Crippen LogP contribution in [-0.2, 0) is 9.53 Å². The van der Waals surface area contributed by atoms with Gasteiger partial charge in [-0.3, -0.25) is 9.69 Å². The van der Waals surface area contributed by atoms with E-state index in [2.05, 4.69) is 20.1 Å². The minimum atomic E-state index is -0.549. The lowest BCUT2D eigenvalue weighted by atomic mass is 10.1. The van der Waals surface area contributed by atoms with Crippen molar-refractivity contribution in [2.45, 2.75) is 18.5 Å². The van der Waals surface area contributed by atoms with Gasteiger partial charge in [-0.15, -0.1) is 5.10 Å². The standard InChI is InChI=1S/C29H33FN6O4/c1-39-27-8-4-3-6-21(27)7-5-13-35-19-24(36-20-25(31-32-36)29(38)40-2)18-26(35)28(37)34-16-14-33(15-17-34)23-11-9-22(30)10-12-23/h3-12,20,24,26H,13-19H2,1-2H3/b7-5+/t24-,26+/m1/s1. The number of methoxy groups -OCH3 is 2. The van der Waals surface area contributed by atoms with E-state index in [4.69, 9.17) is 9.47 Å². The number of halogens is 1. The molecule has 1 amide bonds. The summed E-state index contributed by atoms with van der Waals surface area (Å²) in [7, 11) is 2.94. The lowest BCUT2D eigenvalue weighted by Gasteiger charge is -2.38. The molecule has 0 bridgehead atoms. The summed E-state index contributed by atoms with van der Waals surface area (Å²) in [6, 6.07) is 13.7. The van der Waals surface area contributed by atoms with E-state index < -0.39 is 5.97 Å². The van der Waals surface area contributed by atoms with E-state index in [0.717, 1.165) is 17.0 Å². The van der Waals surface area contributed by atoms with Crippen LogP contribution < -0.4 is 9.64 Å². The van der Waals surface area contributed by atoms with E-state index in [1.807, 2.05) is 41.3 Å². The number of esters is 1. The van der Waals surface area contributed by atoms with Gasteiger partial charge in [-0.25, -0.2) is 13.9 Å². The third-order valence-electron chi connectivity index (χ3n) is 7.50. The number of likely N-dealkylation sites (tertiary alicyclic amines) is 1. The van der Waals surface area contributed by atoms with E-state index in [0.29, 0.717) is 45.7 Å². The second kappa shape index (κ2) is 12.3. The highest BCUT2D eigenvalue weighted by Crippen LogP contribution is 2.29. The molecule has 10 nitrogen and oxygen atoms in total. The number of anilines is 1. The average Bonchev–Trinajstić information content (AvgIpc) is 3.65. The predicted octanol–water partition coefficient (Wildman–Crippen LogP) is 2.89. The summed E-state index contributed by atoms with van der Waals surface area (Å²) in [6.45, 7) is 3.64. The largest absolute Gasteiger partial charge is 0.496 e. The van der Waals surface area contributed by atoms with Crippen LogP contribution >= 0.6 is 0 Å². The van der Waals surface area contributed by atoms with E-state index in [-0.39, 0.29) is 29.5 Å². The summed E-state index contributed by atoms with van der Waals surface area (Å²) in [5.74, 6) is 0.0368. The van der Waals surface area contributed by atoms with Gasteiger partial charge >= 0.3 is 5.97 Å². The fourth-order valence-electron chi connectivity index (χ4n) is 5.35. The molecular weight excluding hydrogens is 515 g/mol. The van der Waals surface area contributed by atoms with Gasteiger partial charge in [-0.05, 0) is 36.8 Å². The molecule has 2 aromatic carbocycles. The van der Waals surface area contributed by atoms with Crippen LogP contribution in [0.15, 0.2) is 60.8 Å². The quantitative estimate of drug-likeness (QED) is 0.397. The number of hydrogen-bond donors (Lipinski definition) is 0. The van der Waals surface area contributed by atoms with E-state index in [1.54, 1.807) is 30.1 Å². The number of piperazine rings is 1. The molecular formula is C29H33FN6O4. The van der Waals surface area contributed by atoms with Crippen LogP contribution in [0.25, 0.3) is 6.08 Å². The summed E-state index contributed by atoms with van der Waals surface area (Å²) in [5.41, 5.74) is 2.04. The highest BCUT2D eigenvalue weighted by atomic mass is 19.1. The summed E-state index contributed by atoms with van der Waals surface area (Å²) in [6.07, 6.45) is 6.16. The van der Waals surface area contributed by atoms with Gasteiger partial charge in [-0.2, -0.15) is 0 Å². The lowest BCUT2D eigenvalue weighted by Crippen LogP contribution is -2.53. The molecule has 3 heterocycles. The zero-order chi connectivity index (χ0) is 28.1. The van der Waals surface area contributed by atoms with Crippen LogP contribution in [0, 0.1) is 5.82 Å². The van der Waals surface area contributed by atoms with Crippen molar-refractivity contribution in [2.75, 3.05) is 58.4 Å². The number of carbonyl (C=O) groups excluding carboxylic acids is 2. The molecule has 5 rings (SSSR count). The minimum absolute atomic E-state index is 0.0697. The Morgan fingerprint density at radius 2 is 1.80 bits per heavy atom. The van der Waals surface area contributed by atoms with E-state index in [9.17, 15) is 14.0 Å². The monoisotopic (exact) mass is 548 g/mol. The Kier molecular flexibility index (Phi) is 8.40. The number of aromatic nitrogens is 3. The van der Waals surface area contributed by atoms with Crippen LogP contribution in [0.3, 0.4) is 0 Å². The van der Waals surface area contributed by atoms with Gasteiger partial charge in [0.25, 0.3) is 0 Å². The first-order chi connectivity index (χ1) is 19.5. The third-order valence-corrected chi connectivity index (χ3v) is 7.50. The van der Waals surface area contributed by atoms with Gasteiger partial charge in [0.15, 0.2) is 5.69 Å². The number of amides is 1. The number of para-hydroxylation sites is 1. The highest BCUT2D eigenvalue weighted by Gasteiger charge is 2.40. The number of hydrogen-bond acceptors (Lipinski definition) is 8. The maximum atomic E-state index is 13.8. The fraction of sp³-hybridized carbons (Fsp3) is 0.379. The molecule has 0 N–H and O–H groups in total. The van der Waals surface area contributed by atoms with Crippen LogP contribution in [0.5, 0.6) is 5.75 Å². The molecule has 2 fully saturated rings. The molecule has 2 saturated heterocycles. The van der Waals surface area contributed by atoms with E-state index in [1.165, 1.54) is 19.2 Å². The first kappa shape index (κ1) is 27.3. The maximum absolute atomic E-state index is 13.8. The zero-order valence-corrected chi connectivity index (χ0v) is 22.6. The second-order valence-electron chi connectivity index (χ2n) is 9.87. The average molecular weight is 549 g/mol. The SMILES string of the molecule is COC(=O)c1cn([C@@H]2C[C@@H](C(=O)N3CCN(c4ccc(F)cc4)CC3)N(C/C=C/c3ccccc3OC)C2)nn1. The van der Waals surface area contributed by atoms with E-state index >= 15 is 0 Å². The van der Waals surface area contributed by atoms with Gasteiger partial charge < -0.3 is 19.3 Å². The smallest absolute Gasteiger partial charge is 0.360 e. The van der Waals surface area contributed by atoms with Crippen LogP contribution in [-0.4, -0.2) is 96.2 Å². The van der Waals surface area contributed by atoms with Crippen molar-refractivity contribution in [1.29, 1.82) is 0 Å². The molecule has 0 saturated carbocycles. The van der Waals surface area contributed by atoms with Gasteiger partial charge in [0.2, 0.25) is 5.91 Å². The number of rotatable bonds is 8. The van der Waals surface area contributed by atoms with Crippen LogP contribution in [0.4, 0.5) is 10.1 Å². The molecule has 0 unspecified atom stereocenters. The molecule has 2 aliphatic heterocycles. The maximum Gasteiger partial charge on any atom is 0.360 e. The van der Waals surface area contributed by atoms with Crippen molar-refractivity contribution in [3.05, 3.63) is 77.9 Å². The van der Waals surface area contributed by atoms with Crippen molar-refractivity contribution >= 4 is 23.6 Å². The Bertz CT molecular complexity index is 1350. The fourth-order valence-corrected chi connectivity index (χ4v) is 5.35. The molecule has 0 aliphatic carbocycles. The Balaban J connectivity index is 1.29. The third kappa shape index (κ3) is 5.99. The number of nitrogens with zero attached hydrogens (tertiary/aromatic N) is 6. The lowest BCUT2D eigenvalue weighted by molar-refractivity contribution is -0.136. The van der Waals surface area contributed by atoms with Gasteiger partial charge in [0.1, 0.15) is 11.6 Å². The Labute approximate surface area is 232 Å². The first-order valence-electron chi connectivity index (χ1n) is 13.3. The molecule has 2 aliphatic rings. The van der Waals surface area contributed by atoms with Crippen molar-refractivity contribution in [2.24, 2.45) is 0 Å². The topological polar surface area (TPSA) is 93.0 Å². The van der Waals surface area contributed by atoms with Gasteiger partial charge in [-0.1, -0.05) is 35.6 Å². The number of ether oxygens (including phenoxy) is 2. The second-order valence-corrected chi connectivity index (χ2v) is 9.87. The number of carbonyl (C=O) groups is 2. The van der Waals surface area contributed by atoms with Crippen molar-refractivity contribution in [1.82, 2.24) is 24.8 Å². The van der Waals surface area contributed by atoms with Gasteiger partial charge in [0.05, 0.1) is 32.5 Å². The van der Waals surface area contributed by atoms with Crippen LogP contribution in [0.2, 0.25) is 0 Å². The minimum Gasteiger partial charge on any atom is -0.496 e. The normalized spacial score (nSPS) is 19.8. The summed E-state index contributed by atoms with van der Waals surface area (Å²) in [5, 5.41) is 8.10. The zero-order valence-electron chi connectivity index (χ0n) is 22.6. The summed E-state index contributed by atoms with van der Waals surface area (Å²) < 4.78 is 25.2. The molecule has 0 spiro atoms. The highest BCUT2D eigenvalue weighted by molar-refractivity contribution is 5.86. The first-order valence-corrected chi connectivity index (χ1v) is 13.3. The van der Waals surface area contributed by atoms with Crippen molar-refractivity contribution in [3.63, 3.8) is 0 Å². The summed E-state index contributed by atoms with van der Waals surface area (Å²) >= 11 is 0. The van der Waals surface area contributed by atoms with Crippen molar-refractivity contribution < 1.29 is 23.5 Å². The molecule has 3 aromatic rings. The molecule has 1 aromatic heterocycles. The number of benzene rings is 2. The molecule has 2 atom stereocenters. The molecule has 0 radical (unpaired) electrons. The molecule has 210 valence electrons. The Morgan fingerprint density at radius 3 is 2.52 bits per heavy atom. The Hall–Kier alpha value is -4.25. The molecule has 11 heteroatoms. The predicted molar refractivity (Wildman–Crippen MR) is 148 cm³/mol. The molecule has 40 heavy (non-hydrogen) atoms. The Morgan fingerprint density at radius 1 is 1.05 bits per heavy atom.